The van der Waals surface area contributed by atoms with Gasteiger partial charge in [-0.2, -0.15) is 0 Å². The van der Waals surface area contributed by atoms with E-state index < -0.39 is 54.6 Å². The first-order valence-electron chi connectivity index (χ1n) is 17.2. The number of esters is 1. The monoisotopic (exact) mass is 669 g/mol. The third-order valence-electron chi connectivity index (χ3n) is 9.64. The van der Waals surface area contributed by atoms with Crippen LogP contribution in [0.25, 0.3) is 0 Å². The average molecular weight is 670 g/mol. The average Bonchev–Trinajstić information content (AvgIpc) is 3.08. The molecule has 13 atom stereocenters. The number of alkyl carbamates (subject to hydrolysis) is 1. The van der Waals surface area contributed by atoms with Crippen molar-refractivity contribution in [2.45, 2.75) is 104 Å². The van der Waals surface area contributed by atoms with Gasteiger partial charge >= 0.3 is 12.1 Å². The number of rotatable bonds is 18. The first kappa shape index (κ1) is 40.9. The van der Waals surface area contributed by atoms with Crippen molar-refractivity contribution in [3.63, 3.8) is 0 Å². The van der Waals surface area contributed by atoms with E-state index in [-0.39, 0.29) is 41.9 Å². The third-order valence-corrected chi connectivity index (χ3v) is 9.64. The molecule has 1 aromatic carbocycles. The molecule has 1 aliphatic rings. The quantitative estimate of drug-likeness (QED) is 0.0756. The maximum absolute atomic E-state index is 12.7. The van der Waals surface area contributed by atoms with Gasteiger partial charge in [-0.25, -0.2) is 4.79 Å². The number of allylic oxidation sites excluding steroid dienone is 3. The number of amides is 1. The Morgan fingerprint density at radius 2 is 1.60 bits per heavy atom. The van der Waals surface area contributed by atoms with Crippen molar-refractivity contribution in [3.05, 3.63) is 85.0 Å². The Kier molecular flexibility index (Phi) is 17.3. The number of hydrogen-bond acceptors (Lipinski definition) is 8. The number of carbonyl (C=O) groups is 2. The summed E-state index contributed by atoms with van der Waals surface area (Å²) in [5.74, 6) is -2.51. The van der Waals surface area contributed by atoms with Crippen molar-refractivity contribution in [3.8, 4) is 0 Å². The van der Waals surface area contributed by atoms with Crippen molar-refractivity contribution in [2.24, 2.45) is 41.4 Å². The molecule has 1 saturated heterocycles. The van der Waals surface area contributed by atoms with Gasteiger partial charge in [0, 0.05) is 42.6 Å². The van der Waals surface area contributed by atoms with Gasteiger partial charge in [0.05, 0.1) is 30.3 Å². The highest BCUT2D eigenvalue weighted by atomic mass is 16.6. The Balaban J connectivity index is 1.92. The highest BCUT2D eigenvalue weighted by molar-refractivity contribution is 5.73. The van der Waals surface area contributed by atoms with E-state index in [9.17, 15) is 30.0 Å². The number of hydrogen-bond donors (Lipinski definition) is 5. The van der Waals surface area contributed by atoms with Crippen LogP contribution in [0.15, 0.2) is 79.4 Å². The van der Waals surface area contributed by atoms with E-state index in [4.69, 9.17) is 9.47 Å². The van der Waals surface area contributed by atoms with Gasteiger partial charge in [-0.1, -0.05) is 121 Å². The van der Waals surface area contributed by atoms with Crippen LogP contribution in [0.1, 0.15) is 66.9 Å². The fraction of sp³-hybridized carbons (Fsp3) is 0.590. The number of cyclic esters (lactones) is 1. The lowest BCUT2D eigenvalue weighted by molar-refractivity contribution is -0.179. The highest BCUT2D eigenvalue weighted by Crippen LogP contribution is 2.30. The van der Waals surface area contributed by atoms with E-state index in [2.05, 4.69) is 11.9 Å². The number of nitrogens with one attached hydrogen (secondary N) is 1. The van der Waals surface area contributed by atoms with E-state index in [1.807, 2.05) is 83.2 Å². The van der Waals surface area contributed by atoms with E-state index in [0.29, 0.717) is 13.0 Å². The van der Waals surface area contributed by atoms with Crippen LogP contribution in [0.4, 0.5) is 4.79 Å². The van der Waals surface area contributed by atoms with E-state index in [1.54, 1.807) is 38.2 Å². The SMILES string of the molecule is C=C/C=C\[C@H](C)[C@H](OC(=O)NCc1ccccc1)[C@@H](C)[C@H](O)[C@@H](C)C/C=C\[C@H](C)[C@@H](O)[C@@H](C)/C=C\[C@@H](O)C[C@@H]1OC(=O)[C@H](C)[C@@H](O)[C@H]1C. The van der Waals surface area contributed by atoms with Crippen molar-refractivity contribution >= 4 is 12.1 Å². The molecule has 0 saturated carbocycles. The summed E-state index contributed by atoms with van der Waals surface area (Å²) < 4.78 is 11.3. The van der Waals surface area contributed by atoms with Gasteiger partial charge in [0.25, 0.3) is 0 Å². The van der Waals surface area contributed by atoms with Gasteiger partial charge in [0.15, 0.2) is 0 Å². The molecule has 1 fully saturated rings. The lowest BCUT2D eigenvalue weighted by atomic mass is 9.82. The van der Waals surface area contributed by atoms with Crippen LogP contribution < -0.4 is 5.32 Å². The smallest absolute Gasteiger partial charge is 0.407 e. The fourth-order valence-corrected chi connectivity index (χ4v) is 6.12. The predicted molar refractivity (Wildman–Crippen MR) is 188 cm³/mol. The Labute approximate surface area is 287 Å². The summed E-state index contributed by atoms with van der Waals surface area (Å²) in [7, 11) is 0. The molecule has 1 aliphatic heterocycles. The summed E-state index contributed by atoms with van der Waals surface area (Å²) in [5, 5.41) is 45.9. The molecule has 0 aliphatic carbocycles. The normalized spacial score (nSPS) is 25.9. The largest absolute Gasteiger partial charge is 0.462 e. The van der Waals surface area contributed by atoms with Crippen LogP contribution in [0.2, 0.25) is 0 Å². The topological polar surface area (TPSA) is 146 Å². The number of benzene rings is 1. The molecular weight excluding hydrogens is 610 g/mol. The molecule has 0 aromatic heterocycles. The molecule has 1 aromatic rings. The zero-order valence-corrected chi connectivity index (χ0v) is 29.7. The molecule has 1 heterocycles. The van der Waals surface area contributed by atoms with Crippen LogP contribution in [0.5, 0.6) is 0 Å². The number of aliphatic hydroxyl groups is 4. The van der Waals surface area contributed by atoms with Crippen molar-refractivity contribution < 1.29 is 39.5 Å². The van der Waals surface area contributed by atoms with Gasteiger partial charge in [0.1, 0.15) is 12.2 Å². The first-order valence-corrected chi connectivity index (χ1v) is 17.2. The van der Waals surface area contributed by atoms with Gasteiger partial charge in [-0.3, -0.25) is 4.79 Å². The Morgan fingerprint density at radius 1 is 0.958 bits per heavy atom. The van der Waals surface area contributed by atoms with Crippen LogP contribution >= 0.6 is 0 Å². The predicted octanol–water partition coefficient (Wildman–Crippen LogP) is 5.74. The lowest BCUT2D eigenvalue weighted by Crippen LogP contribution is -2.47. The molecule has 5 N–H and O–H groups in total. The molecule has 9 nitrogen and oxygen atoms in total. The molecule has 9 heteroatoms. The molecular formula is C39H59NO8. The zero-order valence-electron chi connectivity index (χ0n) is 29.7. The lowest BCUT2D eigenvalue weighted by Gasteiger charge is -2.36. The second-order valence-electron chi connectivity index (χ2n) is 13.7. The summed E-state index contributed by atoms with van der Waals surface area (Å²) in [4.78, 5) is 24.8. The van der Waals surface area contributed by atoms with Gasteiger partial charge in [-0.05, 0) is 24.8 Å². The Morgan fingerprint density at radius 3 is 2.25 bits per heavy atom. The minimum absolute atomic E-state index is 0.153. The minimum Gasteiger partial charge on any atom is -0.462 e. The summed E-state index contributed by atoms with van der Waals surface area (Å²) in [6.45, 7) is 17.0. The standard InChI is InChI=1S/C39H59NO8/c1-9-10-15-27(5)37(48-39(46)40-23-31-18-12-11-13-19-31)29(7)35(43)25(3)17-14-16-24(2)34(42)26(4)20-21-32(41)22-33-28(6)36(44)30(8)38(45)47-33/h9-16,18-21,24-30,32-37,41-44H,1,17,22-23H2,2-8H3,(H,40,46)/b15-10-,16-14-,21-20-/t24-,25-,26-,27-,28-,29-,30+,32+,33-,34+,35+,36-,37-/m0/s1. The summed E-state index contributed by atoms with van der Waals surface area (Å²) in [6, 6.07) is 9.56. The van der Waals surface area contributed by atoms with Crippen LogP contribution in [-0.2, 0) is 20.8 Å². The molecule has 48 heavy (non-hydrogen) atoms. The maximum Gasteiger partial charge on any atom is 0.407 e. The number of ether oxygens (including phenoxy) is 2. The van der Waals surface area contributed by atoms with Gasteiger partial charge < -0.3 is 35.2 Å². The van der Waals surface area contributed by atoms with Crippen LogP contribution in [0.3, 0.4) is 0 Å². The van der Waals surface area contributed by atoms with Crippen molar-refractivity contribution in [1.29, 1.82) is 0 Å². The molecule has 0 unspecified atom stereocenters. The highest BCUT2D eigenvalue weighted by Gasteiger charge is 2.41. The molecule has 268 valence electrons. The minimum atomic E-state index is -0.895. The van der Waals surface area contributed by atoms with E-state index in [0.717, 1.165) is 5.56 Å². The zero-order chi connectivity index (χ0) is 36.0. The van der Waals surface area contributed by atoms with E-state index in [1.165, 1.54) is 0 Å². The van der Waals surface area contributed by atoms with Crippen molar-refractivity contribution in [1.82, 2.24) is 5.32 Å². The van der Waals surface area contributed by atoms with Gasteiger partial charge in [-0.15, -0.1) is 0 Å². The van der Waals surface area contributed by atoms with E-state index >= 15 is 0 Å². The first-order chi connectivity index (χ1) is 22.7. The molecule has 0 bridgehead atoms. The second kappa shape index (κ2) is 20.3. The summed E-state index contributed by atoms with van der Waals surface area (Å²) in [5.41, 5.74) is 0.954. The van der Waals surface area contributed by atoms with Crippen molar-refractivity contribution in [2.75, 3.05) is 0 Å². The third kappa shape index (κ3) is 12.7. The van der Waals surface area contributed by atoms with Crippen LogP contribution in [-0.4, -0.2) is 69.1 Å². The Bertz CT molecular complexity index is 1220. The fourth-order valence-electron chi connectivity index (χ4n) is 6.12. The summed E-state index contributed by atoms with van der Waals surface area (Å²) in [6.07, 6.45) is 8.40. The van der Waals surface area contributed by atoms with Crippen LogP contribution in [0, 0.1) is 41.4 Å². The number of carbonyl (C=O) groups excluding carboxylic acids is 2. The molecule has 0 radical (unpaired) electrons. The molecule has 1 amide bonds. The van der Waals surface area contributed by atoms with Gasteiger partial charge in [0.2, 0.25) is 0 Å². The second-order valence-corrected chi connectivity index (χ2v) is 13.7. The number of aliphatic hydroxyl groups excluding tert-OH is 4. The molecule has 2 rings (SSSR count). The Hall–Kier alpha value is -3.24. The maximum atomic E-state index is 12.7. The molecule has 0 spiro atoms. The summed E-state index contributed by atoms with van der Waals surface area (Å²) >= 11 is 0.